The Balaban J connectivity index is 1.83. The first kappa shape index (κ1) is 15.7. The summed E-state index contributed by atoms with van der Waals surface area (Å²) in [7, 11) is 0. The number of hydrogen-bond acceptors (Lipinski definition) is 6. The summed E-state index contributed by atoms with van der Waals surface area (Å²) in [6.07, 6.45) is 2.96. The Hall–Kier alpha value is -2.81. The minimum Gasteiger partial charge on any atom is -0.373 e. The number of aryl methyl sites for hydroxylation is 1. The molecule has 1 amide bonds. The molecule has 3 aromatic rings. The van der Waals surface area contributed by atoms with Crippen LogP contribution in [0.5, 0.6) is 0 Å². The molecule has 4 heterocycles. The second-order valence-electron chi connectivity index (χ2n) is 6.53. The number of rotatable bonds is 4. The van der Waals surface area contributed by atoms with Gasteiger partial charge in [-0.05, 0) is 12.8 Å². The van der Waals surface area contributed by atoms with Crippen LogP contribution in [-0.2, 0) is 9.53 Å². The molecule has 9 heteroatoms. The standard InChI is InChI=1S/C16H19N7O2/c1-8(2)5-25-10-4-11(24)21-15-12(10)9(3)22-23(15)16-13-14(18-6-17-13)19-7-20-16/h6-8,10H,4-5H2,1-3H3,(H,21,24)(H,17,18,19,20). The number of aromatic nitrogens is 6. The van der Waals surface area contributed by atoms with Crippen molar-refractivity contribution in [1.82, 2.24) is 29.7 Å². The number of imidazole rings is 1. The van der Waals surface area contributed by atoms with Gasteiger partial charge >= 0.3 is 0 Å². The van der Waals surface area contributed by atoms with E-state index in [0.717, 1.165) is 11.3 Å². The minimum absolute atomic E-state index is 0.0997. The molecule has 130 valence electrons. The third-order valence-corrected chi connectivity index (χ3v) is 4.09. The molecular formula is C16H19N7O2. The van der Waals surface area contributed by atoms with Crippen LogP contribution in [0.2, 0.25) is 0 Å². The first-order valence-electron chi connectivity index (χ1n) is 8.20. The van der Waals surface area contributed by atoms with Crippen LogP contribution in [0.4, 0.5) is 5.82 Å². The van der Waals surface area contributed by atoms with Crippen molar-refractivity contribution in [3.8, 4) is 5.82 Å². The number of nitrogens with zero attached hydrogens (tertiary/aromatic N) is 5. The fourth-order valence-corrected chi connectivity index (χ4v) is 3.02. The van der Waals surface area contributed by atoms with Crippen molar-refractivity contribution in [2.75, 3.05) is 11.9 Å². The van der Waals surface area contributed by atoms with E-state index < -0.39 is 0 Å². The summed E-state index contributed by atoms with van der Waals surface area (Å²) >= 11 is 0. The molecule has 0 saturated carbocycles. The monoisotopic (exact) mass is 341 g/mol. The second kappa shape index (κ2) is 5.92. The average molecular weight is 341 g/mol. The highest BCUT2D eigenvalue weighted by Crippen LogP contribution is 2.37. The molecule has 2 N–H and O–H groups in total. The van der Waals surface area contributed by atoms with E-state index in [1.165, 1.54) is 6.33 Å². The van der Waals surface area contributed by atoms with Crippen LogP contribution in [0, 0.1) is 12.8 Å². The Morgan fingerprint density at radius 3 is 3.00 bits per heavy atom. The number of fused-ring (bicyclic) bond motifs is 2. The Morgan fingerprint density at radius 1 is 1.36 bits per heavy atom. The summed E-state index contributed by atoms with van der Waals surface area (Å²) in [6, 6.07) is 0. The fraction of sp³-hybridized carbons (Fsp3) is 0.438. The van der Waals surface area contributed by atoms with Crippen molar-refractivity contribution in [1.29, 1.82) is 0 Å². The van der Waals surface area contributed by atoms with Crippen molar-refractivity contribution >= 4 is 22.9 Å². The molecule has 0 aromatic carbocycles. The minimum atomic E-state index is -0.306. The van der Waals surface area contributed by atoms with Crippen LogP contribution in [-0.4, -0.2) is 42.2 Å². The first-order valence-corrected chi connectivity index (χ1v) is 8.20. The quantitative estimate of drug-likeness (QED) is 0.750. The van der Waals surface area contributed by atoms with Crippen molar-refractivity contribution in [2.45, 2.75) is 33.3 Å². The Labute approximate surface area is 143 Å². The summed E-state index contributed by atoms with van der Waals surface area (Å²) in [6.45, 7) is 6.65. The number of anilines is 1. The van der Waals surface area contributed by atoms with Gasteiger partial charge in [0, 0.05) is 12.2 Å². The van der Waals surface area contributed by atoms with Crippen molar-refractivity contribution in [3.63, 3.8) is 0 Å². The lowest BCUT2D eigenvalue weighted by molar-refractivity contribution is -0.120. The molecule has 3 aromatic heterocycles. The third kappa shape index (κ3) is 2.66. The van der Waals surface area contributed by atoms with E-state index >= 15 is 0 Å². The SMILES string of the molecule is Cc1nn(-c2ncnc3nc[nH]c23)c2c1C(OCC(C)C)CC(=O)N2. The van der Waals surface area contributed by atoms with Crippen molar-refractivity contribution in [2.24, 2.45) is 5.92 Å². The van der Waals surface area contributed by atoms with Gasteiger partial charge in [-0.3, -0.25) is 4.79 Å². The molecule has 1 atom stereocenters. The topological polar surface area (TPSA) is 111 Å². The van der Waals surface area contributed by atoms with Gasteiger partial charge in [-0.2, -0.15) is 9.78 Å². The number of nitrogens with one attached hydrogen (secondary N) is 2. The van der Waals surface area contributed by atoms with Gasteiger partial charge in [0.15, 0.2) is 11.5 Å². The molecule has 0 spiro atoms. The summed E-state index contributed by atoms with van der Waals surface area (Å²) < 4.78 is 7.60. The van der Waals surface area contributed by atoms with Crippen LogP contribution in [0.25, 0.3) is 17.0 Å². The van der Waals surface area contributed by atoms with Gasteiger partial charge in [0.05, 0.1) is 24.5 Å². The zero-order chi connectivity index (χ0) is 17.6. The van der Waals surface area contributed by atoms with E-state index in [-0.39, 0.29) is 18.4 Å². The van der Waals surface area contributed by atoms with E-state index in [1.54, 1.807) is 11.0 Å². The maximum absolute atomic E-state index is 12.2. The maximum atomic E-state index is 12.2. The van der Waals surface area contributed by atoms with Crippen molar-refractivity contribution < 1.29 is 9.53 Å². The van der Waals surface area contributed by atoms with Crippen LogP contribution in [0.3, 0.4) is 0 Å². The molecule has 25 heavy (non-hydrogen) atoms. The summed E-state index contributed by atoms with van der Waals surface area (Å²) in [5.74, 6) is 1.42. The molecule has 0 aliphatic carbocycles. The lowest BCUT2D eigenvalue weighted by atomic mass is 10.0. The predicted octanol–water partition coefficient (Wildman–Crippen LogP) is 1.90. The van der Waals surface area contributed by atoms with Crippen LogP contribution >= 0.6 is 0 Å². The summed E-state index contributed by atoms with van der Waals surface area (Å²) in [5, 5.41) is 7.50. The molecule has 1 aliphatic rings. The highest BCUT2D eigenvalue weighted by Gasteiger charge is 2.33. The number of amides is 1. The van der Waals surface area contributed by atoms with E-state index in [0.29, 0.717) is 35.3 Å². The van der Waals surface area contributed by atoms with Crippen LogP contribution in [0.1, 0.15) is 37.6 Å². The Morgan fingerprint density at radius 2 is 2.20 bits per heavy atom. The van der Waals surface area contributed by atoms with Gasteiger partial charge in [0.2, 0.25) is 5.91 Å². The van der Waals surface area contributed by atoms with Crippen LogP contribution in [0.15, 0.2) is 12.7 Å². The normalized spacial score (nSPS) is 17.1. The lowest BCUT2D eigenvalue weighted by Crippen LogP contribution is -2.26. The Bertz CT molecular complexity index is 943. The zero-order valence-electron chi connectivity index (χ0n) is 14.3. The highest BCUT2D eigenvalue weighted by atomic mass is 16.5. The van der Waals surface area contributed by atoms with Gasteiger partial charge in [0.1, 0.15) is 17.7 Å². The van der Waals surface area contributed by atoms with E-state index in [1.807, 2.05) is 6.92 Å². The number of carbonyl (C=O) groups excluding carboxylic acids is 1. The highest BCUT2D eigenvalue weighted by molar-refractivity contribution is 5.94. The molecule has 0 fully saturated rings. The number of H-pyrrole nitrogens is 1. The molecule has 0 saturated heterocycles. The van der Waals surface area contributed by atoms with Gasteiger partial charge in [0.25, 0.3) is 0 Å². The van der Waals surface area contributed by atoms with Gasteiger partial charge < -0.3 is 15.0 Å². The molecule has 1 unspecified atom stereocenters. The fourth-order valence-electron chi connectivity index (χ4n) is 3.02. The molecule has 0 radical (unpaired) electrons. The largest absolute Gasteiger partial charge is 0.373 e. The summed E-state index contributed by atoms with van der Waals surface area (Å²) in [5.41, 5.74) is 2.90. The summed E-state index contributed by atoms with van der Waals surface area (Å²) in [4.78, 5) is 27.8. The molecular weight excluding hydrogens is 322 g/mol. The predicted molar refractivity (Wildman–Crippen MR) is 90.3 cm³/mol. The number of hydrogen-bond donors (Lipinski definition) is 2. The molecule has 9 nitrogen and oxygen atoms in total. The lowest BCUT2D eigenvalue weighted by Gasteiger charge is -2.24. The second-order valence-corrected chi connectivity index (χ2v) is 6.53. The molecule has 0 bridgehead atoms. The number of aromatic amines is 1. The Kier molecular flexibility index (Phi) is 3.72. The van der Waals surface area contributed by atoms with Gasteiger partial charge in [-0.15, -0.1) is 0 Å². The van der Waals surface area contributed by atoms with Gasteiger partial charge in [-0.25, -0.2) is 15.0 Å². The first-order chi connectivity index (χ1) is 12.0. The number of carbonyl (C=O) groups is 1. The van der Waals surface area contributed by atoms with Crippen LogP contribution < -0.4 is 5.32 Å². The van der Waals surface area contributed by atoms with Gasteiger partial charge in [-0.1, -0.05) is 13.8 Å². The smallest absolute Gasteiger partial charge is 0.228 e. The van der Waals surface area contributed by atoms with E-state index in [2.05, 4.69) is 44.2 Å². The average Bonchev–Trinajstić information content (AvgIpc) is 3.17. The number of ether oxygens (including phenoxy) is 1. The zero-order valence-corrected chi connectivity index (χ0v) is 14.3. The van der Waals surface area contributed by atoms with E-state index in [9.17, 15) is 4.79 Å². The maximum Gasteiger partial charge on any atom is 0.228 e. The van der Waals surface area contributed by atoms with E-state index in [4.69, 9.17) is 4.74 Å². The molecule has 1 aliphatic heterocycles. The molecule has 4 rings (SSSR count). The third-order valence-electron chi connectivity index (χ3n) is 4.09. The van der Waals surface area contributed by atoms with Crippen molar-refractivity contribution in [3.05, 3.63) is 23.9 Å².